The molecule has 1 aliphatic rings. The fourth-order valence-corrected chi connectivity index (χ4v) is 5.35. The Morgan fingerprint density at radius 3 is 2.21 bits per heavy atom. The third-order valence-electron chi connectivity index (χ3n) is 5.33. The summed E-state index contributed by atoms with van der Waals surface area (Å²) < 4.78 is 28.1. The van der Waals surface area contributed by atoms with Crippen LogP contribution in [0.25, 0.3) is 10.8 Å². The summed E-state index contributed by atoms with van der Waals surface area (Å²) in [5.74, 6) is -0.123. The number of nitrogens with zero attached hydrogens (tertiary/aromatic N) is 2. The lowest BCUT2D eigenvalue weighted by Gasteiger charge is -2.35. The molecular weight excluding hydrogens is 386 g/mol. The molecule has 1 fully saturated rings. The number of rotatable bonds is 4. The van der Waals surface area contributed by atoms with Crippen molar-refractivity contribution >= 4 is 32.4 Å². The van der Waals surface area contributed by atoms with Crippen LogP contribution in [-0.2, 0) is 10.0 Å². The van der Waals surface area contributed by atoms with Crippen molar-refractivity contribution in [1.82, 2.24) is 9.62 Å². The number of anilines is 1. The van der Waals surface area contributed by atoms with Crippen LogP contribution in [0, 0.1) is 0 Å². The Hall–Kier alpha value is -2.90. The van der Waals surface area contributed by atoms with Crippen LogP contribution < -0.4 is 10.2 Å². The first-order valence-electron chi connectivity index (χ1n) is 9.56. The van der Waals surface area contributed by atoms with Gasteiger partial charge in [0.05, 0.1) is 4.90 Å². The van der Waals surface area contributed by atoms with Crippen LogP contribution in [0.5, 0.6) is 0 Å². The lowest BCUT2D eigenvalue weighted by molar-refractivity contribution is 0.0963. The van der Waals surface area contributed by atoms with E-state index in [1.165, 1.54) is 0 Å². The van der Waals surface area contributed by atoms with Gasteiger partial charge in [0, 0.05) is 49.9 Å². The van der Waals surface area contributed by atoms with Gasteiger partial charge in [0.25, 0.3) is 5.91 Å². The summed E-state index contributed by atoms with van der Waals surface area (Å²) in [5.41, 5.74) is 1.59. The normalized spacial score (nSPS) is 15.4. The van der Waals surface area contributed by atoms with E-state index >= 15 is 0 Å². The van der Waals surface area contributed by atoms with E-state index in [-0.39, 0.29) is 5.91 Å². The zero-order valence-electron chi connectivity index (χ0n) is 16.2. The van der Waals surface area contributed by atoms with Crippen LogP contribution >= 0.6 is 0 Å². The van der Waals surface area contributed by atoms with Crippen molar-refractivity contribution < 1.29 is 13.2 Å². The Bertz CT molecular complexity index is 1130. The third kappa shape index (κ3) is 3.71. The van der Waals surface area contributed by atoms with E-state index in [9.17, 15) is 13.2 Å². The molecule has 6 nitrogen and oxygen atoms in total. The predicted molar refractivity (Wildman–Crippen MR) is 115 cm³/mol. The maximum atomic E-state index is 13.3. The highest BCUT2D eigenvalue weighted by atomic mass is 32.2. The highest BCUT2D eigenvalue weighted by Gasteiger charge is 2.29. The number of amides is 1. The molecule has 1 heterocycles. The second kappa shape index (κ2) is 7.85. The van der Waals surface area contributed by atoms with Gasteiger partial charge in [0.1, 0.15) is 0 Å². The van der Waals surface area contributed by atoms with E-state index in [1.807, 2.05) is 42.5 Å². The quantitative estimate of drug-likeness (QED) is 0.719. The fourth-order valence-electron chi connectivity index (χ4n) is 3.71. The topological polar surface area (TPSA) is 69.7 Å². The van der Waals surface area contributed by atoms with E-state index in [2.05, 4.69) is 10.2 Å². The largest absolute Gasteiger partial charge is 0.369 e. The minimum Gasteiger partial charge on any atom is -0.369 e. The molecule has 0 spiro atoms. The van der Waals surface area contributed by atoms with Crippen molar-refractivity contribution in [3.05, 3.63) is 72.3 Å². The molecule has 0 unspecified atom stereocenters. The molecule has 7 heteroatoms. The first-order chi connectivity index (χ1) is 14.0. The van der Waals surface area contributed by atoms with Crippen molar-refractivity contribution in [2.24, 2.45) is 0 Å². The van der Waals surface area contributed by atoms with Gasteiger partial charge in [-0.1, -0.05) is 36.4 Å². The standard InChI is InChI=1S/C22H23N3O3S/c1-23-22(26)18-9-11-19(12-10-18)24-13-15-25(16-14-24)29(27,28)21-8-4-6-17-5-2-3-7-20(17)21/h2-12H,13-16H2,1H3,(H,23,26). The fraction of sp³-hybridized carbons (Fsp3) is 0.227. The SMILES string of the molecule is CNC(=O)c1ccc(N2CCN(S(=O)(=O)c3cccc4ccccc34)CC2)cc1. The molecule has 3 aromatic carbocycles. The highest BCUT2D eigenvalue weighted by Crippen LogP contribution is 2.27. The van der Waals surface area contributed by atoms with Gasteiger partial charge >= 0.3 is 0 Å². The van der Waals surface area contributed by atoms with Gasteiger partial charge in [-0.15, -0.1) is 0 Å². The monoisotopic (exact) mass is 409 g/mol. The average molecular weight is 410 g/mol. The van der Waals surface area contributed by atoms with Gasteiger partial charge in [-0.3, -0.25) is 4.79 Å². The molecule has 1 amide bonds. The summed E-state index contributed by atoms with van der Waals surface area (Å²) in [7, 11) is -1.96. The number of fused-ring (bicyclic) bond motifs is 1. The molecule has 0 atom stereocenters. The van der Waals surface area contributed by atoms with E-state index < -0.39 is 10.0 Å². The minimum atomic E-state index is -3.56. The van der Waals surface area contributed by atoms with E-state index in [0.717, 1.165) is 16.5 Å². The maximum Gasteiger partial charge on any atom is 0.251 e. The molecule has 150 valence electrons. The molecular formula is C22H23N3O3S. The lowest BCUT2D eigenvalue weighted by Crippen LogP contribution is -2.48. The summed E-state index contributed by atoms with van der Waals surface area (Å²) >= 11 is 0. The zero-order chi connectivity index (χ0) is 20.4. The van der Waals surface area contributed by atoms with E-state index in [1.54, 1.807) is 35.6 Å². The molecule has 0 radical (unpaired) electrons. The van der Waals surface area contributed by atoms with E-state index in [4.69, 9.17) is 0 Å². The number of piperazine rings is 1. The van der Waals surface area contributed by atoms with Crippen LogP contribution in [0.1, 0.15) is 10.4 Å². The molecule has 0 aliphatic carbocycles. The number of hydrogen-bond acceptors (Lipinski definition) is 4. The summed E-state index contributed by atoms with van der Waals surface area (Å²) in [5, 5.41) is 4.28. The Morgan fingerprint density at radius 1 is 0.862 bits per heavy atom. The first kappa shape index (κ1) is 19.4. The minimum absolute atomic E-state index is 0.123. The number of benzene rings is 3. The highest BCUT2D eigenvalue weighted by molar-refractivity contribution is 7.89. The van der Waals surface area contributed by atoms with Crippen LogP contribution in [0.15, 0.2) is 71.6 Å². The number of sulfonamides is 1. The summed E-state index contributed by atoms with van der Waals surface area (Å²) in [6, 6.07) is 20.3. The van der Waals surface area contributed by atoms with Crippen molar-refractivity contribution in [3.8, 4) is 0 Å². The third-order valence-corrected chi connectivity index (χ3v) is 7.28. The molecule has 1 saturated heterocycles. The van der Waals surface area contributed by atoms with Gasteiger partial charge < -0.3 is 10.2 Å². The Balaban J connectivity index is 1.51. The molecule has 1 N–H and O–H groups in total. The summed E-state index contributed by atoms with van der Waals surface area (Å²) in [6.07, 6.45) is 0. The van der Waals surface area contributed by atoms with Crippen LogP contribution in [0.3, 0.4) is 0 Å². The summed E-state index contributed by atoms with van der Waals surface area (Å²) in [4.78, 5) is 14.2. The van der Waals surface area contributed by atoms with E-state index in [0.29, 0.717) is 36.6 Å². The first-order valence-corrected chi connectivity index (χ1v) is 11.0. The zero-order valence-corrected chi connectivity index (χ0v) is 17.0. The van der Waals surface area contributed by atoms with Crippen LogP contribution in [0.4, 0.5) is 5.69 Å². The molecule has 0 aromatic heterocycles. The van der Waals surface area contributed by atoms with Crippen LogP contribution in [0.2, 0.25) is 0 Å². The number of carbonyl (C=O) groups is 1. The molecule has 29 heavy (non-hydrogen) atoms. The van der Waals surface area contributed by atoms with Gasteiger partial charge in [0.15, 0.2) is 0 Å². The molecule has 4 rings (SSSR count). The van der Waals surface area contributed by atoms with Gasteiger partial charge in [-0.25, -0.2) is 8.42 Å². The molecule has 0 saturated carbocycles. The molecule has 0 bridgehead atoms. The van der Waals surface area contributed by atoms with Crippen LogP contribution in [-0.4, -0.2) is 51.9 Å². The Morgan fingerprint density at radius 2 is 1.52 bits per heavy atom. The summed E-state index contributed by atoms with van der Waals surface area (Å²) in [6.45, 7) is 2.04. The van der Waals surface area contributed by atoms with Gasteiger partial charge in [0.2, 0.25) is 10.0 Å². The van der Waals surface area contributed by atoms with Crippen molar-refractivity contribution in [3.63, 3.8) is 0 Å². The van der Waals surface area contributed by atoms with Crippen molar-refractivity contribution in [2.75, 3.05) is 38.1 Å². The second-order valence-corrected chi connectivity index (χ2v) is 8.90. The average Bonchev–Trinajstić information content (AvgIpc) is 2.78. The van der Waals surface area contributed by atoms with Gasteiger partial charge in [-0.2, -0.15) is 4.31 Å². The predicted octanol–water partition coefficient (Wildman–Crippen LogP) is 2.71. The second-order valence-electron chi connectivity index (χ2n) is 6.99. The van der Waals surface area contributed by atoms with Crippen molar-refractivity contribution in [2.45, 2.75) is 4.90 Å². The molecule has 3 aromatic rings. The number of nitrogens with one attached hydrogen (secondary N) is 1. The number of hydrogen-bond donors (Lipinski definition) is 1. The molecule has 1 aliphatic heterocycles. The number of carbonyl (C=O) groups excluding carboxylic acids is 1. The smallest absolute Gasteiger partial charge is 0.251 e. The Kier molecular flexibility index (Phi) is 5.25. The van der Waals surface area contributed by atoms with Gasteiger partial charge in [-0.05, 0) is 35.7 Å². The maximum absolute atomic E-state index is 13.3. The van der Waals surface area contributed by atoms with Crippen molar-refractivity contribution in [1.29, 1.82) is 0 Å². The lowest BCUT2D eigenvalue weighted by atomic mass is 10.1. The Labute approximate surface area is 170 Å².